The van der Waals surface area contributed by atoms with E-state index in [1.165, 1.54) is 24.3 Å². The minimum Gasteiger partial charge on any atom is -0.483 e. The normalized spacial score (nSPS) is 10.8. The zero-order valence-corrected chi connectivity index (χ0v) is 19.4. The van der Waals surface area contributed by atoms with Gasteiger partial charge in [0.2, 0.25) is 0 Å². The third-order valence-electron chi connectivity index (χ3n) is 5.29. The van der Waals surface area contributed by atoms with Crippen molar-refractivity contribution in [1.82, 2.24) is 0 Å². The zero-order chi connectivity index (χ0) is 26.2. The first kappa shape index (κ1) is 24.6. The summed E-state index contributed by atoms with van der Waals surface area (Å²) < 4.78 is 5.58. The Kier molecular flexibility index (Phi) is 7.52. The molecule has 9 heteroatoms. The lowest BCUT2D eigenvalue weighted by atomic mass is 10.1. The first-order valence-corrected chi connectivity index (χ1v) is 11.1. The van der Waals surface area contributed by atoms with E-state index >= 15 is 0 Å². The smallest absolute Gasteiger partial charge is 0.270 e. The predicted octanol–water partition coefficient (Wildman–Crippen LogP) is 5.31. The number of non-ortho nitro benzene ring substituents is 1. The lowest BCUT2D eigenvalue weighted by Gasteiger charge is -2.11. The molecule has 4 aromatic rings. The molecule has 0 saturated heterocycles. The molecule has 0 bridgehead atoms. The van der Waals surface area contributed by atoms with E-state index in [9.17, 15) is 25.0 Å². The maximum Gasteiger partial charge on any atom is 0.270 e. The molecule has 0 radical (unpaired) electrons. The van der Waals surface area contributed by atoms with Crippen LogP contribution in [0.5, 0.6) is 5.75 Å². The van der Waals surface area contributed by atoms with E-state index in [0.29, 0.717) is 11.4 Å². The molecule has 0 fully saturated rings. The van der Waals surface area contributed by atoms with Crippen LogP contribution in [-0.2, 0) is 9.59 Å². The fourth-order valence-electron chi connectivity index (χ4n) is 3.53. The Bertz CT molecular complexity index is 1560. The van der Waals surface area contributed by atoms with Crippen LogP contribution in [0.4, 0.5) is 17.1 Å². The molecular weight excluding hydrogens is 472 g/mol. The van der Waals surface area contributed by atoms with E-state index in [4.69, 9.17) is 4.74 Å². The van der Waals surface area contributed by atoms with Crippen LogP contribution in [0.1, 0.15) is 5.56 Å². The van der Waals surface area contributed by atoms with Crippen LogP contribution >= 0.6 is 0 Å². The molecule has 9 nitrogen and oxygen atoms in total. The third-order valence-corrected chi connectivity index (χ3v) is 5.29. The van der Waals surface area contributed by atoms with Crippen molar-refractivity contribution in [2.24, 2.45) is 0 Å². The van der Waals surface area contributed by atoms with Gasteiger partial charge >= 0.3 is 0 Å². The van der Waals surface area contributed by atoms with Gasteiger partial charge in [0.1, 0.15) is 17.4 Å². The number of hydrogen-bond acceptors (Lipinski definition) is 6. The molecule has 37 heavy (non-hydrogen) atoms. The largest absolute Gasteiger partial charge is 0.483 e. The lowest BCUT2D eigenvalue weighted by Crippen LogP contribution is -2.20. The molecule has 4 aromatic carbocycles. The summed E-state index contributed by atoms with van der Waals surface area (Å²) in [4.78, 5) is 35.8. The number of nitrogens with one attached hydrogen (secondary N) is 2. The van der Waals surface area contributed by atoms with Crippen LogP contribution in [-0.4, -0.2) is 23.3 Å². The summed E-state index contributed by atoms with van der Waals surface area (Å²) in [7, 11) is 0. The summed E-state index contributed by atoms with van der Waals surface area (Å²) in [6.07, 6.45) is 1.19. The summed E-state index contributed by atoms with van der Waals surface area (Å²) in [6, 6.07) is 27.2. The van der Waals surface area contributed by atoms with Crippen molar-refractivity contribution in [3.63, 3.8) is 0 Å². The summed E-state index contributed by atoms with van der Waals surface area (Å²) in [6.45, 7) is -0.390. The molecule has 0 saturated carbocycles. The average Bonchev–Trinajstić information content (AvgIpc) is 2.91. The van der Waals surface area contributed by atoms with Gasteiger partial charge in [-0.15, -0.1) is 0 Å². The van der Waals surface area contributed by atoms with Crippen molar-refractivity contribution in [1.29, 1.82) is 5.26 Å². The predicted molar refractivity (Wildman–Crippen MR) is 140 cm³/mol. The summed E-state index contributed by atoms with van der Waals surface area (Å²) in [5.74, 6) is -1.05. The number of hydrogen-bond donors (Lipinski definition) is 2. The molecule has 0 unspecified atom stereocenters. The third kappa shape index (κ3) is 6.35. The summed E-state index contributed by atoms with van der Waals surface area (Å²) in [5.41, 5.74) is 0.605. The van der Waals surface area contributed by atoms with E-state index in [1.54, 1.807) is 36.4 Å². The Labute approximate surface area is 211 Å². The maximum atomic E-state index is 12.8. The second-order valence-electron chi connectivity index (χ2n) is 7.87. The topological polar surface area (TPSA) is 134 Å². The molecule has 0 aliphatic carbocycles. The molecule has 0 atom stereocenters. The molecule has 0 aliphatic heterocycles. The van der Waals surface area contributed by atoms with Gasteiger partial charge in [-0.3, -0.25) is 19.7 Å². The molecular formula is C28H20N4O5. The fraction of sp³-hybridized carbons (Fsp3) is 0.0357. The van der Waals surface area contributed by atoms with Crippen molar-refractivity contribution in [3.8, 4) is 11.8 Å². The monoisotopic (exact) mass is 492 g/mol. The Hall–Kier alpha value is -5.49. The fourth-order valence-corrected chi connectivity index (χ4v) is 3.53. The molecule has 0 spiro atoms. The van der Waals surface area contributed by atoms with Gasteiger partial charge in [0.25, 0.3) is 17.5 Å². The van der Waals surface area contributed by atoms with Crippen molar-refractivity contribution in [3.05, 3.63) is 112 Å². The van der Waals surface area contributed by atoms with Crippen molar-refractivity contribution >= 4 is 45.7 Å². The number of nitro groups is 1. The van der Waals surface area contributed by atoms with E-state index in [-0.39, 0.29) is 22.6 Å². The minimum absolute atomic E-state index is 0.0973. The Morgan fingerprint density at radius 3 is 2.35 bits per heavy atom. The highest BCUT2D eigenvalue weighted by Gasteiger charge is 2.16. The Balaban J connectivity index is 1.55. The number of amides is 2. The number of carbonyl (C=O) groups excluding carboxylic acids is 2. The number of nitro benzene ring substituents is 1. The van der Waals surface area contributed by atoms with Gasteiger partial charge < -0.3 is 15.4 Å². The van der Waals surface area contributed by atoms with Gasteiger partial charge in [-0.1, -0.05) is 48.5 Å². The highest BCUT2D eigenvalue weighted by molar-refractivity contribution is 6.10. The van der Waals surface area contributed by atoms with Gasteiger partial charge in [-0.25, -0.2) is 0 Å². The quantitative estimate of drug-likeness (QED) is 0.148. The first-order chi connectivity index (χ1) is 17.9. The number of fused-ring (bicyclic) bond motifs is 1. The Morgan fingerprint density at radius 1 is 0.892 bits per heavy atom. The van der Waals surface area contributed by atoms with E-state index in [1.807, 2.05) is 42.5 Å². The molecule has 182 valence electrons. The molecule has 4 rings (SSSR count). The maximum absolute atomic E-state index is 12.8. The zero-order valence-electron chi connectivity index (χ0n) is 19.4. The van der Waals surface area contributed by atoms with E-state index in [0.717, 1.165) is 10.8 Å². The number of nitriles is 1. The average molecular weight is 492 g/mol. The number of nitrogens with zero attached hydrogens (tertiary/aromatic N) is 2. The molecule has 0 heterocycles. The molecule has 0 aliphatic rings. The molecule has 0 aromatic heterocycles. The number of rotatable bonds is 8. The lowest BCUT2D eigenvalue weighted by molar-refractivity contribution is -0.384. The highest BCUT2D eigenvalue weighted by atomic mass is 16.6. The van der Waals surface area contributed by atoms with Crippen LogP contribution in [0.25, 0.3) is 16.8 Å². The van der Waals surface area contributed by atoms with Crippen LogP contribution in [0, 0.1) is 21.4 Å². The van der Waals surface area contributed by atoms with Gasteiger partial charge in [-0.2, -0.15) is 5.26 Å². The van der Waals surface area contributed by atoms with Crippen LogP contribution in [0.2, 0.25) is 0 Å². The molecule has 2 amide bonds. The number of carbonyl (C=O) groups is 2. The second kappa shape index (κ2) is 11.3. The van der Waals surface area contributed by atoms with Gasteiger partial charge in [0, 0.05) is 29.1 Å². The number of para-hydroxylation sites is 1. The number of ether oxygens (including phenoxy) is 1. The standard InChI is InChI=1S/C28H20N4O5/c29-17-22(28(34)31-24-11-10-19-6-4-5-7-20(19)15-24)14-21-16-25(32(35)36)12-13-26(21)37-18-27(33)30-23-8-2-1-3-9-23/h1-16H,18H2,(H,30,33)(H,31,34). The van der Waals surface area contributed by atoms with E-state index < -0.39 is 23.3 Å². The number of anilines is 2. The van der Waals surface area contributed by atoms with Crippen LogP contribution < -0.4 is 15.4 Å². The number of benzene rings is 4. The van der Waals surface area contributed by atoms with Crippen LogP contribution in [0.3, 0.4) is 0 Å². The van der Waals surface area contributed by atoms with Crippen molar-refractivity contribution in [2.75, 3.05) is 17.2 Å². The summed E-state index contributed by atoms with van der Waals surface area (Å²) >= 11 is 0. The van der Waals surface area contributed by atoms with Gasteiger partial charge in [0.05, 0.1) is 4.92 Å². The van der Waals surface area contributed by atoms with Gasteiger partial charge in [-0.05, 0) is 47.2 Å². The van der Waals surface area contributed by atoms with Crippen molar-refractivity contribution in [2.45, 2.75) is 0 Å². The Morgan fingerprint density at radius 2 is 1.62 bits per heavy atom. The molecule has 2 N–H and O–H groups in total. The second-order valence-corrected chi connectivity index (χ2v) is 7.87. The minimum atomic E-state index is -0.697. The van der Waals surface area contributed by atoms with Crippen molar-refractivity contribution < 1.29 is 19.2 Å². The first-order valence-electron chi connectivity index (χ1n) is 11.1. The van der Waals surface area contributed by atoms with Crippen LogP contribution in [0.15, 0.2) is 96.6 Å². The summed E-state index contributed by atoms with van der Waals surface area (Å²) in [5, 5.41) is 28.2. The highest BCUT2D eigenvalue weighted by Crippen LogP contribution is 2.27. The van der Waals surface area contributed by atoms with E-state index in [2.05, 4.69) is 10.6 Å². The van der Waals surface area contributed by atoms with Gasteiger partial charge in [0.15, 0.2) is 6.61 Å². The SMILES string of the molecule is N#CC(=Cc1cc([N+](=O)[O-])ccc1OCC(=O)Nc1ccccc1)C(=O)Nc1ccc2ccccc2c1.